The number of furan rings is 1. The number of hydrogen-bond acceptors (Lipinski definition) is 1. The molecule has 0 fully saturated rings. The lowest BCUT2D eigenvalue weighted by atomic mass is 9.98. The lowest BCUT2D eigenvalue weighted by Crippen LogP contribution is -2.02. The standard InChI is InChI=1S/C60H39N3O/c1-4-14-42(15-5-1)61-52-22-12-10-20-45(52)48-34-38(24-29-54(48)61)39-25-30-55-49(35-39)50-36-40(26-31-56(50)62(55)43-16-6-2-7-17-43)41-27-33-58-51(37-41)46-28-32-57-59(60(46)64-58)47-21-11-13-23-53(47)63(57)44-18-8-3-9-19-44/h1-12,14-22,24-37H,13,23H2. The molecule has 0 saturated heterocycles. The summed E-state index contributed by atoms with van der Waals surface area (Å²) in [6, 6.07) is 73.0. The lowest BCUT2D eigenvalue weighted by molar-refractivity contribution is 0.672. The minimum atomic E-state index is 0.905. The van der Waals surface area contributed by atoms with Crippen LogP contribution in [0.5, 0.6) is 0 Å². The van der Waals surface area contributed by atoms with Crippen LogP contribution in [0.1, 0.15) is 17.7 Å². The van der Waals surface area contributed by atoms with E-state index in [2.05, 4.69) is 226 Å². The molecule has 0 unspecified atom stereocenters. The van der Waals surface area contributed by atoms with Gasteiger partial charge in [0.1, 0.15) is 11.2 Å². The Morgan fingerprint density at radius 1 is 0.359 bits per heavy atom. The predicted molar refractivity (Wildman–Crippen MR) is 267 cm³/mol. The minimum Gasteiger partial charge on any atom is -0.455 e. The summed E-state index contributed by atoms with van der Waals surface area (Å²) in [5.74, 6) is 0. The Bertz CT molecular complexity index is 4050. The van der Waals surface area contributed by atoms with E-state index in [1.54, 1.807) is 0 Å². The van der Waals surface area contributed by atoms with E-state index >= 15 is 0 Å². The van der Waals surface area contributed by atoms with Crippen molar-refractivity contribution in [3.63, 3.8) is 0 Å². The first-order valence-electron chi connectivity index (χ1n) is 22.2. The third kappa shape index (κ3) is 5.11. The van der Waals surface area contributed by atoms with Gasteiger partial charge in [0.05, 0.1) is 33.0 Å². The highest BCUT2D eigenvalue weighted by atomic mass is 16.3. The Balaban J connectivity index is 0.938. The molecule has 300 valence electrons. The minimum absolute atomic E-state index is 0.905. The van der Waals surface area contributed by atoms with Gasteiger partial charge in [0.2, 0.25) is 0 Å². The van der Waals surface area contributed by atoms with Gasteiger partial charge < -0.3 is 18.1 Å². The average Bonchev–Trinajstić information content (AvgIpc) is 4.10. The normalized spacial score (nSPS) is 12.8. The fourth-order valence-electron chi connectivity index (χ4n) is 10.8. The van der Waals surface area contributed by atoms with E-state index in [0.717, 1.165) is 46.0 Å². The van der Waals surface area contributed by atoms with Crippen LogP contribution in [0.15, 0.2) is 211 Å². The molecule has 4 nitrogen and oxygen atoms in total. The van der Waals surface area contributed by atoms with Crippen LogP contribution in [-0.4, -0.2) is 13.7 Å². The fraction of sp³-hybridized carbons (Fsp3) is 0.0333. The van der Waals surface area contributed by atoms with Gasteiger partial charge in [-0.25, -0.2) is 0 Å². The highest BCUT2D eigenvalue weighted by Gasteiger charge is 2.24. The zero-order chi connectivity index (χ0) is 41.9. The zero-order valence-electron chi connectivity index (χ0n) is 34.9. The van der Waals surface area contributed by atoms with Crippen LogP contribution in [0.3, 0.4) is 0 Å². The molecule has 0 bridgehead atoms. The summed E-state index contributed by atoms with van der Waals surface area (Å²) in [5, 5.41) is 8.42. The number of allylic oxidation sites excluding steroid dienone is 1. The number of para-hydroxylation sites is 4. The molecule has 0 spiro atoms. The second-order valence-electron chi connectivity index (χ2n) is 17.2. The number of rotatable bonds is 5. The van der Waals surface area contributed by atoms with Crippen molar-refractivity contribution in [2.24, 2.45) is 0 Å². The summed E-state index contributed by atoms with van der Waals surface area (Å²) in [4.78, 5) is 0. The second kappa shape index (κ2) is 13.6. The molecule has 0 N–H and O–H groups in total. The maximum Gasteiger partial charge on any atom is 0.145 e. The Morgan fingerprint density at radius 3 is 1.42 bits per heavy atom. The number of aromatic nitrogens is 3. The van der Waals surface area contributed by atoms with Crippen molar-refractivity contribution in [1.29, 1.82) is 0 Å². The Kier molecular flexibility index (Phi) is 7.48. The van der Waals surface area contributed by atoms with Gasteiger partial charge in [-0.15, -0.1) is 0 Å². The Hall–Kier alpha value is -8.34. The lowest BCUT2D eigenvalue weighted by Gasteiger charge is -2.12. The molecule has 1 aliphatic rings. The first-order chi connectivity index (χ1) is 31.7. The van der Waals surface area contributed by atoms with Crippen LogP contribution in [0.4, 0.5) is 0 Å². The van der Waals surface area contributed by atoms with Gasteiger partial charge in [0.15, 0.2) is 0 Å². The van der Waals surface area contributed by atoms with E-state index in [0.29, 0.717) is 0 Å². The highest BCUT2D eigenvalue weighted by Crippen LogP contribution is 2.44. The molecule has 14 rings (SSSR count). The molecule has 0 atom stereocenters. The maximum atomic E-state index is 6.83. The van der Waals surface area contributed by atoms with E-state index in [-0.39, 0.29) is 0 Å². The third-order valence-corrected chi connectivity index (χ3v) is 13.7. The second-order valence-corrected chi connectivity index (χ2v) is 17.2. The molecular formula is C60H39N3O. The number of hydrogen-bond donors (Lipinski definition) is 0. The molecule has 0 aliphatic heterocycles. The fourth-order valence-corrected chi connectivity index (χ4v) is 10.8. The van der Waals surface area contributed by atoms with Gasteiger partial charge in [-0.3, -0.25) is 0 Å². The van der Waals surface area contributed by atoms with Crippen molar-refractivity contribution in [2.45, 2.75) is 12.8 Å². The predicted octanol–water partition coefficient (Wildman–Crippen LogP) is 16.0. The number of fused-ring (bicyclic) bond motifs is 13. The quantitative estimate of drug-likeness (QED) is 0.170. The van der Waals surface area contributed by atoms with E-state index in [1.807, 2.05) is 0 Å². The third-order valence-electron chi connectivity index (χ3n) is 13.7. The average molecular weight is 818 g/mol. The molecule has 9 aromatic carbocycles. The van der Waals surface area contributed by atoms with Crippen molar-refractivity contribution in [3.05, 3.63) is 218 Å². The highest BCUT2D eigenvalue weighted by molar-refractivity contribution is 6.19. The van der Waals surface area contributed by atoms with E-state index in [1.165, 1.54) is 93.8 Å². The number of benzene rings is 9. The number of nitrogens with zero attached hydrogens (tertiary/aromatic N) is 3. The van der Waals surface area contributed by atoms with Crippen LogP contribution in [0.2, 0.25) is 0 Å². The van der Waals surface area contributed by atoms with Crippen molar-refractivity contribution < 1.29 is 4.42 Å². The molecular weight excluding hydrogens is 779 g/mol. The van der Waals surface area contributed by atoms with Crippen molar-refractivity contribution in [3.8, 4) is 39.3 Å². The van der Waals surface area contributed by atoms with E-state index in [4.69, 9.17) is 4.42 Å². The van der Waals surface area contributed by atoms with Gasteiger partial charge >= 0.3 is 0 Å². The van der Waals surface area contributed by atoms with Crippen LogP contribution >= 0.6 is 0 Å². The monoisotopic (exact) mass is 817 g/mol. The molecule has 64 heavy (non-hydrogen) atoms. The molecule has 4 aromatic heterocycles. The van der Waals surface area contributed by atoms with Crippen molar-refractivity contribution in [1.82, 2.24) is 13.7 Å². The summed E-state index contributed by atoms with van der Waals surface area (Å²) in [7, 11) is 0. The van der Waals surface area contributed by atoms with Crippen LogP contribution in [0.25, 0.3) is 122 Å². The van der Waals surface area contributed by atoms with Crippen molar-refractivity contribution in [2.75, 3.05) is 0 Å². The first kappa shape index (κ1) is 35.3. The largest absolute Gasteiger partial charge is 0.455 e. The molecule has 13 aromatic rings. The van der Waals surface area contributed by atoms with Crippen LogP contribution in [0, 0.1) is 0 Å². The Labute approximate surface area is 368 Å². The van der Waals surface area contributed by atoms with Gasteiger partial charge in [-0.1, -0.05) is 109 Å². The summed E-state index contributed by atoms with van der Waals surface area (Å²) >= 11 is 0. The summed E-state index contributed by atoms with van der Waals surface area (Å²) in [6.45, 7) is 0. The molecule has 1 aliphatic carbocycles. The molecule has 0 saturated carbocycles. The van der Waals surface area contributed by atoms with Gasteiger partial charge in [-0.05, 0) is 138 Å². The molecule has 4 heteroatoms. The van der Waals surface area contributed by atoms with Gasteiger partial charge in [0.25, 0.3) is 0 Å². The summed E-state index contributed by atoms with van der Waals surface area (Å²) < 4.78 is 14.0. The van der Waals surface area contributed by atoms with Gasteiger partial charge in [0, 0.05) is 60.6 Å². The smallest absolute Gasteiger partial charge is 0.145 e. The van der Waals surface area contributed by atoms with E-state index < -0.39 is 0 Å². The molecule has 0 amide bonds. The Morgan fingerprint density at radius 2 is 0.828 bits per heavy atom. The molecule has 0 radical (unpaired) electrons. The van der Waals surface area contributed by atoms with Crippen molar-refractivity contribution >= 4 is 82.5 Å². The van der Waals surface area contributed by atoms with Crippen LogP contribution < -0.4 is 0 Å². The zero-order valence-corrected chi connectivity index (χ0v) is 34.9. The molecule has 4 heterocycles. The maximum absolute atomic E-state index is 6.83. The first-order valence-corrected chi connectivity index (χ1v) is 22.2. The van der Waals surface area contributed by atoms with Gasteiger partial charge in [-0.2, -0.15) is 0 Å². The summed E-state index contributed by atoms with van der Waals surface area (Å²) in [6.07, 6.45) is 6.64. The topological polar surface area (TPSA) is 27.9 Å². The van der Waals surface area contributed by atoms with Crippen LogP contribution in [-0.2, 0) is 6.42 Å². The van der Waals surface area contributed by atoms with E-state index in [9.17, 15) is 0 Å². The SMILES string of the molecule is C1=Cc2c(n(-c3ccccc3)c3ccc4c5cc(-c6ccc7c(c6)c6cc(-c8ccc9c(c8)c8ccccc8n9-c8ccccc8)ccc6n7-c6ccccc6)ccc5oc4c23)CC1. The summed E-state index contributed by atoms with van der Waals surface area (Å²) in [5.41, 5.74) is 18.7.